The largest absolute Gasteiger partial charge is 0.497 e. The fourth-order valence-electron chi connectivity index (χ4n) is 2.49. The lowest BCUT2D eigenvalue weighted by molar-refractivity contribution is 0.307. The van der Waals surface area contributed by atoms with Gasteiger partial charge in [-0.1, -0.05) is 57.2 Å². The molecule has 0 radical (unpaired) electrons. The Kier molecular flexibility index (Phi) is 8.70. The molecule has 0 unspecified atom stereocenters. The zero-order chi connectivity index (χ0) is 17.9. The highest BCUT2D eigenvalue weighted by molar-refractivity contribution is 5.83. The molecule has 130 valence electrons. The quantitative estimate of drug-likeness (QED) is 0.330. The topological polar surface area (TPSA) is 21.3 Å². The molecule has 1 rings (SSSR count). The zero-order valence-electron chi connectivity index (χ0n) is 15.6. The molecule has 0 saturated carbocycles. The Labute approximate surface area is 147 Å². The van der Waals surface area contributed by atoms with E-state index in [1.54, 1.807) is 13.2 Å². The number of aryl methyl sites for hydroxylation is 1. The van der Waals surface area contributed by atoms with E-state index in [0.29, 0.717) is 0 Å². The molecule has 0 spiro atoms. The third-order valence-electron chi connectivity index (χ3n) is 3.84. The van der Waals surface area contributed by atoms with Crippen molar-refractivity contribution in [1.29, 1.82) is 0 Å². The van der Waals surface area contributed by atoms with Gasteiger partial charge in [-0.05, 0) is 49.1 Å². The number of allylic oxidation sites excluding steroid dienone is 4. The van der Waals surface area contributed by atoms with Crippen LogP contribution in [0, 0.1) is 6.92 Å². The summed E-state index contributed by atoms with van der Waals surface area (Å²) in [5.41, 5.74) is 5.62. The van der Waals surface area contributed by atoms with Gasteiger partial charge in [0.2, 0.25) is 0 Å². The standard InChI is InChI=1S/C22H31NO/c1-7-10-14-23-18(5)22-15-17(4)12-13-21(22)19(11-8-2)16-20(9-3)24-6/h9,11-13,15-16,23H,3,5,7-8,10,14H2,1-2,4,6H3/b19-11+,20-16+. The summed E-state index contributed by atoms with van der Waals surface area (Å²) in [7, 11) is 1.67. The van der Waals surface area contributed by atoms with E-state index in [1.807, 2.05) is 6.08 Å². The molecule has 0 amide bonds. The monoisotopic (exact) mass is 325 g/mol. The molecule has 0 atom stereocenters. The van der Waals surface area contributed by atoms with Crippen molar-refractivity contribution in [1.82, 2.24) is 5.32 Å². The smallest absolute Gasteiger partial charge is 0.118 e. The first kappa shape index (κ1) is 19.8. The van der Waals surface area contributed by atoms with Crippen molar-refractivity contribution < 1.29 is 4.74 Å². The number of ether oxygens (including phenoxy) is 1. The maximum Gasteiger partial charge on any atom is 0.118 e. The highest BCUT2D eigenvalue weighted by Crippen LogP contribution is 2.27. The molecule has 1 aromatic carbocycles. The number of hydrogen-bond donors (Lipinski definition) is 1. The highest BCUT2D eigenvalue weighted by Gasteiger charge is 2.10. The third-order valence-corrected chi connectivity index (χ3v) is 3.84. The lowest BCUT2D eigenvalue weighted by atomic mass is 9.94. The van der Waals surface area contributed by atoms with Crippen LogP contribution >= 0.6 is 0 Å². The van der Waals surface area contributed by atoms with Crippen molar-refractivity contribution in [2.75, 3.05) is 13.7 Å². The van der Waals surface area contributed by atoms with Gasteiger partial charge in [0, 0.05) is 17.8 Å². The summed E-state index contributed by atoms with van der Waals surface area (Å²) in [6, 6.07) is 6.48. The Bertz CT molecular complexity index is 623. The molecular weight excluding hydrogens is 294 g/mol. The van der Waals surface area contributed by atoms with Gasteiger partial charge in [-0.25, -0.2) is 0 Å². The molecule has 0 aromatic heterocycles. The van der Waals surface area contributed by atoms with Gasteiger partial charge in [0.05, 0.1) is 7.11 Å². The molecule has 0 saturated heterocycles. The number of rotatable bonds is 10. The molecule has 2 nitrogen and oxygen atoms in total. The maximum absolute atomic E-state index is 5.37. The maximum atomic E-state index is 5.37. The number of unbranched alkanes of at least 4 members (excludes halogenated alkanes) is 1. The second-order valence-electron chi connectivity index (χ2n) is 5.83. The fourth-order valence-corrected chi connectivity index (χ4v) is 2.49. The van der Waals surface area contributed by atoms with Gasteiger partial charge in [-0.3, -0.25) is 0 Å². The number of benzene rings is 1. The van der Waals surface area contributed by atoms with Crippen LogP contribution in [0.4, 0.5) is 0 Å². The Morgan fingerprint density at radius 1 is 1.25 bits per heavy atom. The molecule has 1 N–H and O–H groups in total. The van der Waals surface area contributed by atoms with Crippen LogP contribution in [0.5, 0.6) is 0 Å². The second kappa shape index (κ2) is 10.5. The number of methoxy groups -OCH3 is 1. The first-order chi connectivity index (χ1) is 11.6. The van der Waals surface area contributed by atoms with E-state index in [4.69, 9.17) is 4.74 Å². The fraction of sp³-hybridized carbons (Fsp3) is 0.364. The van der Waals surface area contributed by atoms with E-state index >= 15 is 0 Å². The van der Waals surface area contributed by atoms with Crippen molar-refractivity contribution in [2.24, 2.45) is 0 Å². The molecule has 0 fully saturated rings. The van der Waals surface area contributed by atoms with Crippen LogP contribution in [0.1, 0.15) is 49.8 Å². The van der Waals surface area contributed by atoms with E-state index < -0.39 is 0 Å². The van der Waals surface area contributed by atoms with Crippen molar-refractivity contribution in [2.45, 2.75) is 40.0 Å². The van der Waals surface area contributed by atoms with Crippen LogP contribution < -0.4 is 5.32 Å². The minimum atomic E-state index is 0.755. The van der Waals surface area contributed by atoms with Gasteiger partial charge in [0.15, 0.2) is 0 Å². The summed E-state index contributed by atoms with van der Waals surface area (Å²) < 4.78 is 5.37. The summed E-state index contributed by atoms with van der Waals surface area (Å²) in [6.45, 7) is 15.4. The van der Waals surface area contributed by atoms with Crippen LogP contribution in [0.25, 0.3) is 11.3 Å². The minimum absolute atomic E-state index is 0.755. The van der Waals surface area contributed by atoms with E-state index in [2.05, 4.69) is 63.5 Å². The zero-order valence-corrected chi connectivity index (χ0v) is 15.6. The Morgan fingerprint density at radius 3 is 2.58 bits per heavy atom. The van der Waals surface area contributed by atoms with Gasteiger partial charge in [-0.2, -0.15) is 0 Å². The van der Waals surface area contributed by atoms with Crippen molar-refractivity contribution in [3.05, 3.63) is 72.0 Å². The summed E-state index contributed by atoms with van der Waals surface area (Å²) in [5, 5.41) is 3.45. The van der Waals surface area contributed by atoms with E-state index in [-0.39, 0.29) is 0 Å². The van der Waals surface area contributed by atoms with Crippen LogP contribution in [0.2, 0.25) is 0 Å². The van der Waals surface area contributed by atoms with E-state index in [9.17, 15) is 0 Å². The third kappa shape index (κ3) is 5.77. The van der Waals surface area contributed by atoms with E-state index in [1.165, 1.54) is 12.0 Å². The van der Waals surface area contributed by atoms with Gasteiger partial charge in [0.25, 0.3) is 0 Å². The van der Waals surface area contributed by atoms with Crippen LogP contribution in [0.15, 0.2) is 55.3 Å². The minimum Gasteiger partial charge on any atom is -0.497 e. The normalized spacial score (nSPS) is 12.0. The summed E-state index contributed by atoms with van der Waals surface area (Å²) in [4.78, 5) is 0. The average molecular weight is 325 g/mol. The van der Waals surface area contributed by atoms with Gasteiger partial charge in [-0.15, -0.1) is 0 Å². The molecule has 1 aromatic rings. The predicted molar refractivity (Wildman–Crippen MR) is 107 cm³/mol. The predicted octanol–water partition coefficient (Wildman–Crippen LogP) is 5.87. The lowest BCUT2D eigenvalue weighted by Crippen LogP contribution is -2.14. The first-order valence-electron chi connectivity index (χ1n) is 8.69. The Balaban J connectivity index is 3.29. The van der Waals surface area contributed by atoms with Gasteiger partial charge < -0.3 is 10.1 Å². The molecule has 0 aliphatic heterocycles. The van der Waals surface area contributed by atoms with Crippen LogP contribution in [-0.4, -0.2) is 13.7 Å². The first-order valence-corrected chi connectivity index (χ1v) is 8.69. The highest BCUT2D eigenvalue weighted by atomic mass is 16.5. The van der Waals surface area contributed by atoms with Gasteiger partial charge in [0.1, 0.15) is 5.76 Å². The summed E-state index contributed by atoms with van der Waals surface area (Å²) >= 11 is 0. The summed E-state index contributed by atoms with van der Waals surface area (Å²) in [5.74, 6) is 0.755. The Morgan fingerprint density at radius 2 is 2.00 bits per heavy atom. The van der Waals surface area contributed by atoms with Gasteiger partial charge >= 0.3 is 0 Å². The van der Waals surface area contributed by atoms with Crippen LogP contribution in [-0.2, 0) is 4.74 Å². The molecule has 2 heteroatoms. The van der Waals surface area contributed by atoms with Crippen molar-refractivity contribution in [3.8, 4) is 0 Å². The summed E-state index contributed by atoms with van der Waals surface area (Å²) in [6.07, 6.45) is 9.22. The molecule has 0 aliphatic rings. The molecule has 0 heterocycles. The molecule has 0 bridgehead atoms. The molecule has 24 heavy (non-hydrogen) atoms. The molecule has 0 aliphatic carbocycles. The van der Waals surface area contributed by atoms with Crippen molar-refractivity contribution >= 4 is 11.3 Å². The lowest BCUT2D eigenvalue weighted by Gasteiger charge is -2.16. The average Bonchev–Trinajstić information content (AvgIpc) is 2.58. The second-order valence-corrected chi connectivity index (χ2v) is 5.83. The SMILES string of the molecule is C=C/C(=C\C(=C/CC)c1ccc(C)cc1C(=C)NCCCC)OC. The van der Waals surface area contributed by atoms with Crippen LogP contribution in [0.3, 0.4) is 0 Å². The van der Waals surface area contributed by atoms with Crippen molar-refractivity contribution in [3.63, 3.8) is 0 Å². The van der Waals surface area contributed by atoms with E-state index in [0.717, 1.165) is 47.5 Å². The molecular formula is C22H31NO. The Hall–Kier alpha value is -2.22. The number of hydrogen-bond acceptors (Lipinski definition) is 2. The number of nitrogens with one attached hydrogen (secondary N) is 1.